The van der Waals surface area contributed by atoms with Crippen LogP contribution in [0.15, 0.2) is 83.3 Å². The van der Waals surface area contributed by atoms with Gasteiger partial charge in [-0.2, -0.15) is 0 Å². The maximum absolute atomic E-state index is 15.6. The molecule has 0 saturated heterocycles. The van der Waals surface area contributed by atoms with Crippen LogP contribution in [-0.4, -0.2) is 10.1 Å². The van der Waals surface area contributed by atoms with Gasteiger partial charge in [-0.05, 0) is 29.8 Å². The first kappa shape index (κ1) is 15.6. The van der Waals surface area contributed by atoms with Gasteiger partial charge < -0.3 is 9.52 Å². The van der Waals surface area contributed by atoms with Crippen LogP contribution in [0.5, 0.6) is 5.75 Å². The Morgan fingerprint density at radius 1 is 0.815 bits per heavy atom. The zero-order chi connectivity index (χ0) is 18.4. The van der Waals surface area contributed by atoms with Crippen molar-refractivity contribution < 1.29 is 13.9 Å². The molecule has 0 fully saturated rings. The third-order valence-electron chi connectivity index (χ3n) is 4.63. The molecule has 0 aliphatic rings. The first-order valence-electron chi connectivity index (χ1n) is 8.58. The minimum absolute atomic E-state index is 0.0621. The minimum atomic E-state index is -0.474. The van der Waals surface area contributed by atoms with Gasteiger partial charge in [0.15, 0.2) is 11.4 Å². The summed E-state index contributed by atoms with van der Waals surface area (Å²) < 4.78 is 21.6. The number of pyridine rings is 1. The molecule has 0 atom stereocenters. The second-order valence-corrected chi connectivity index (χ2v) is 6.34. The molecule has 1 N–H and O–H groups in total. The predicted octanol–water partition coefficient (Wildman–Crippen LogP) is 6.16. The van der Waals surface area contributed by atoms with Crippen LogP contribution in [0.3, 0.4) is 0 Å². The number of aromatic hydroxyl groups is 1. The molecule has 0 radical (unpaired) electrons. The first-order valence-corrected chi connectivity index (χ1v) is 8.58. The van der Waals surface area contributed by atoms with Crippen LogP contribution in [-0.2, 0) is 0 Å². The summed E-state index contributed by atoms with van der Waals surface area (Å²) in [6.07, 6.45) is 0. The molecule has 27 heavy (non-hydrogen) atoms. The highest BCUT2D eigenvalue weighted by atomic mass is 19.1. The van der Waals surface area contributed by atoms with Crippen molar-refractivity contribution in [2.45, 2.75) is 0 Å². The van der Waals surface area contributed by atoms with Crippen LogP contribution >= 0.6 is 0 Å². The Labute approximate surface area is 154 Å². The number of halogens is 1. The molecule has 0 saturated carbocycles. The van der Waals surface area contributed by atoms with Crippen molar-refractivity contribution in [1.29, 1.82) is 0 Å². The number of aromatic nitrogens is 1. The molecule has 0 aliphatic carbocycles. The van der Waals surface area contributed by atoms with E-state index >= 15 is 4.39 Å². The molecule has 2 aromatic heterocycles. The van der Waals surface area contributed by atoms with E-state index < -0.39 is 5.82 Å². The van der Waals surface area contributed by atoms with Gasteiger partial charge in [-0.3, -0.25) is 0 Å². The molecule has 0 bridgehead atoms. The number of fused-ring (bicyclic) bond motifs is 3. The second kappa shape index (κ2) is 5.95. The molecule has 0 unspecified atom stereocenters. The Morgan fingerprint density at radius 2 is 1.56 bits per heavy atom. The summed E-state index contributed by atoms with van der Waals surface area (Å²) in [5, 5.41) is 10.7. The zero-order valence-electron chi connectivity index (χ0n) is 14.2. The van der Waals surface area contributed by atoms with Gasteiger partial charge >= 0.3 is 0 Å². The molecular formula is C23H14FNO2. The highest BCUT2D eigenvalue weighted by Crippen LogP contribution is 2.40. The number of hydrogen-bond acceptors (Lipinski definition) is 3. The van der Waals surface area contributed by atoms with Crippen LogP contribution in [0.4, 0.5) is 4.39 Å². The molecule has 3 nitrogen and oxygen atoms in total. The normalized spacial score (nSPS) is 11.3. The van der Waals surface area contributed by atoms with E-state index in [-0.39, 0.29) is 11.4 Å². The number of phenols is 1. The summed E-state index contributed by atoms with van der Waals surface area (Å²) in [4.78, 5) is 4.58. The standard InChI is InChI=1S/C23H14FNO2/c24-20-19(14-7-2-1-3-8-14)23-22(17-11-4-5-12-18(17)27-23)25-21(20)15-9-6-10-16(26)13-15/h1-13,26H. The number of hydrogen-bond donors (Lipinski definition) is 1. The topological polar surface area (TPSA) is 46.3 Å². The maximum atomic E-state index is 15.6. The van der Waals surface area contributed by atoms with Gasteiger partial charge in [0.25, 0.3) is 0 Å². The van der Waals surface area contributed by atoms with Gasteiger partial charge in [0.05, 0.1) is 5.56 Å². The first-order chi connectivity index (χ1) is 13.2. The summed E-state index contributed by atoms with van der Waals surface area (Å²) in [6, 6.07) is 23.3. The third-order valence-corrected chi connectivity index (χ3v) is 4.63. The van der Waals surface area contributed by atoms with E-state index in [2.05, 4.69) is 4.98 Å². The van der Waals surface area contributed by atoms with Crippen LogP contribution < -0.4 is 0 Å². The van der Waals surface area contributed by atoms with E-state index in [1.54, 1.807) is 18.2 Å². The lowest BCUT2D eigenvalue weighted by Gasteiger charge is -2.10. The van der Waals surface area contributed by atoms with Crippen molar-refractivity contribution in [2.24, 2.45) is 0 Å². The van der Waals surface area contributed by atoms with Crippen molar-refractivity contribution in [3.8, 4) is 28.1 Å². The van der Waals surface area contributed by atoms with Gasteiger partial charge in [0.1, 0.15) is 22.5 Å². The largest absolute Gasteiger partial charge is 0.508 e. The Bertz CT molecular complexity index is 1290. The maximum Gasteiger partial charge on any atom is 0.164 e. The zero-order valence-corrected chi connectivity index (χ0v) is 14.2. The molecule has 0 aliphatic heterocycles. The van der Waals surface area contributed by atoms with Gasteiger partial charge in [-0.15, -0.1) is 0 Å². The lowest BCUT2D eigenvalue weighted by atomic mass is 10.0. The van der Waals surface area contributed by atoms with Crippen LogP contribution in [0.25, 0.3) is 44.5 Å². The minimum Gasteiger partial charge on any atom is -0.508 e. The van der Waals surface area contributed by atoms with E-state index in [9.17, 15) is 5.11 Å². The molecule has 130 valence electrons. The highest BCUT2D eigenvalue weighted by Gasteiger charge is 2.22. The lowest BCUT2D eigenvalue weighted by molar-refractivity contribution is 0.475. The number of phenolic OH excluding ortho intramolecular Hbond substituents is 1. The summed E-state index contributed by atoms with van der Waals surface area (Å²) in [7, 11) is 0. The second-order valence-electron chi connectivity index (χ2n) is 6.34. The van der Waals surface area contributed by atoms with E-state index in [4.69, 9.17) is 4.42 Å². The third kappa shape index (κ3) is 2.46. The molecule has 0 spiro atoms. The average Bonchev–Trinajstić information content (AvgIpc) is 3.06. The molecule has 4 heteroatoms. The summed E-state index contributed by atoms with van der Waals surface area (Å²) in [5.41, 5.74) is 3.45. The fourth-order valence-electron chi connectivity index (χ4n) is 3.40. The number of furan rings is 1. The fourth-order valence-corrected chi connectivity index (χ4v) is 3.40. The van der Waals surface area contributed by atoms with E-state index in [1.165, 1.54) is 6.07 Å². The van der Waals surface area contributed by atoms with Crippen molar-refractivity contribution in [1.82, 2.24) is 4.98 Å². The Hall–Kier alpha value is -3.66. The van der Waals surface area contributed by atoms with Gasteiger partial charge in [0, 0.05) is 10.9 Å². The molecule has 3 aromatic carbocycles. The highest BCUT2D eigenvalue weighted by molar-refractivity contribution is 6.08. The van der Waals surface area contributed by atoms with Gasteiger partial charge in [-0.25, -0.2) is 9.37 Å². The molecular weight excluding hydrogens is 341 g/mol. The summed E-state index contributed by atoms with van der Waals surface area (Å²) >= 11 is 0. The number of benzene rings is 3. The Kier molecular flexibility index (Phi) is 3.44. The van der Waals surface area contributed by atoms with Crippen LogP contribution in [0.2, 0.25) is 0 Å². The van der Waals surface area contributed by atoms with Crippen molar-refractivity contribution >= 4 is 22.1 Å². The van der Waals surface area contributed by atoms with Crippen molar-refractivity contribution in [2.75, 3.05) is 0 Å². The molecule has 0 amide bonds. The van der Waals surface area contributed by atoms with E-state index in [0.717, 1.165) is 5.39 Å². The van der Waals surface area contributed by atoms with Gasteiger partial charge in [0.2, 0.25) is 0 Å². The van der Waals surface area contributed by atoms with E-state index in [1.807, 2.05) is 54.6 Å². The van der Waals surface area contributed by atoms with Gasteiger partial charge in [-0.1, -0.05) is 54.6 Å². The SMILES string of the molecule is Oc1cccc(-c2nc3c(oc4ccccc43)c(-c3ccccc3)c2F)c1. The Morgan fingerprint density at radius 3 is 2.37 bits per heavy atom. The monoisotopic (exact) mass is 355 g/mol. The van der Waals surface area contributed by atoms with E-state index in [0.29, 0.717) is 33.4 Å². The number of para-hydroxylation sites is 1. The van der Waals surface area contributed by atoms with Crippen LogP contribution in [0.1, 0.15) is 0 Å². The number of rotatable bonds is 2. The number of nitrogens with zero attached hydrogens (tertiary/aromatic N) is 1. The average molecular weight is 355 g/mol. The quantitative estimate of drug-likeness (QED) is 0.412. The fraction of sp³-hybridized carbons (Fsp3) is 0. The van der Waals surface area contributed by atoms with Crippen molar-refractivity contribution in [3.63, 3.8) is 0 Å². The van der Waals surface area contributed by atoms with Crippen LogP contribution in [0, 0.1) is 5.82 Å². The molecule has 5 aromatic rings. The molecule has 2 heterocycles. The predicted molar refractivity (Wildman–Crippen MR) is 104 cm³/mol. The Balaban J connectivity index is 1.95. The summed E-state index contributed by atoms with van der Waals surface area (Å²) in [5.74, 6) is -0.412. The molecule has 5 rings (SSSR count). The smallest absolute Gasteiger partial charge is 0.164 e. The summed E-state index contributed by atoms with van der Waals surface area (Å²) in [6.45, 7) is 0. The lowest BCUT2D eigenvalue weighted by Crippen LogP contribution is -1.95. The van der Waals surface area contributed by atoms with Crippen molar-refractivity contribution in [3.05, 3.63) is 84.7 Å².